The second kappa shape index (κ2) is 9.96. The Kier molecular flexibility index (Phi) is 6.84. The monoisotopic (exact) mass is 459 g/mol. The van der Waals surface area contributed by atoms with Crippen molar-refractivity contribution in [3.05, 3.63) is 111 Å². The molecule has 0 amide bonds. The van der Waals surface area contributed by atoms with Crippen LogP contribution in [0.15, 0.2) is 77.6 Å². The molecular formula is C27H26FN3OS. The van der Waals surface area contributed by atoms with Gasteiger partial charge in [0.25, 0.3) is 5.56 Å². The Labute approximate surface area is 198 Å². The van der Waals surface area contributed by atoms with E-state index in [1.165, 1.54) is 12.1 Å². The molecule has 0 atom stereocenters. The Hall–Kier alpha value is -3.51. The highest BCUT2D eigenvalue weighted by molar-refractivity contribution is 7.80. The van der Waals surface area contributed by atoms with E-state index in [1.54, 1.807) is 12.1 Å². The molecule has 0 fully saturated rings. The molecule has 0 bridgehead atoms. The molecule has 0 unspecified atom stereocenters. The second-order valence-corrected chi connectivity index (χ2v) is 8.47. The highest BCUT2D eigenvalue weighted by atomic mass is 32.1. The SMILES string of the molecule is CCc1ccccc1NC(=S)N(Cc1ccc(F)cc1)Cc1cc2cccc(C)c2[nH]c1=O. The number of aromatic nitrogens is 1. The molecule has 1 heterocycles. The number of para-hydroxylation sites is 2. The van der Waals surface area contributed by atoms with E-state index in [4.69, 9.17) is 12.2 Å². The van der Waals surface area contributed by atoms with E-state index in [2.05, 4.69) is 23.3 Å². The maximum atomic E-state index is 13.4. The van der Waals surface area contributed by atoms with E-state index >= 15 is 0 Å². The quantitative estimate of drug-likeness (QED) is 0.351. The van der Waals surface area contributed by atoms with Crippen molar-refractivity contribution in [2.24, 2.45) is 0 Å². The molecule has 0 aliphatic rings. The number of aryl methyl sites for hydroxylation is 2. The molecule has 168 valence electrons. The van der Waals surface area contributed by atoms with Gasteiger partial charge in [0.15, 0.2) is 5.11 Å². The van der Waals surface area contributed by atoms with Gasteiger partial charge in [0.05, 0.1) is 12.1 Å². The van der Waals surface area contributed by atoms with Gasteiger partial charge in [0.2, 0.25) is 0 Å². The zero-order valence-electron chi connectivity index (χ0n) is 18.7. The smallest absolute Gasteiger partial charge is 0.253 e. The van der Waals surface area contributed by atoms with Crippen LogP contribution in [-0.4, -0.2) is 15.0 Å². The van der Waals surface area contributed by atoms with Crippen LogP contribution in [-0.2, 0) is 19.5 Å². The molecule has 0 saturated carbocycles. The van der Waals surface area contributed by atoms with Crippen molar-refractivity contribution in [2.45, 2.75) is 33.4 Å². The molecule has 4 aromatic rings. The molecule has 0 saturated heterocycles. The Morgan fingerprint density at radius 1 is 1.00 bits per heavy atom. The minimum Gasteiger partial charge on any atom is -0.340 e. The lowest BCUT2D eigenvalue weighted by Crippen LogP contribution is -2.35. The largest absolute Gasteiger partial charge is 0.340 e. The number of H-pyrrole nitrogens is 1. The summed E-state index contributed by atoms with van der Waals surface area (Å²) < 4.78 is 13.4. The van der Waals surface area contributed by atoms with Gasteiger partial charge in [-0.25, -0.2) is 4.39 Å². The number of pyridine rings is 1. The molecule has 2 N–H and O–H groups in total. The normalized spacial score (nSPS) is 10.9. The zero-order chi connectivity index (χ0) is 23.4. The van der Waals surface area contributed by atoms with Gasteiger partial charge in [-0.3, -0.25) is 4.79 Å². The van der Waals surface area contributed by atoms with E-state index in [9.17, 15) is 9.18 Å². The van der Waals surface area contributed by atoms with Gasteiger partial charge >= 0.3 is 0 Å². The number of benzene rings is 3. The molecule has 0 aliphatic carbocycles. The van der Waals surface area contributed by atoms with Gasteiger partial charge < -0.3 is 15.2 Å². The molecule has 0 radical (unpaired) electrons. The number of anilines is 1. The molecule has 4 nitrogen and oxygen atoms in total. The number of nitrogens with zero attached hydrogens (tertiary/aromatic N) is 1. The van der Waals surface area contributed by atoms with Gasteiger partial charge in [-0.15, -0.1) is 0 Å². The maximum absolute atomic E-state index is 13.4. The first kappa shape index (κ1) is 22.7. The zero-order valence-corrected chi connectivity index (χ0v) is 19.5. The fourth-order valence-corrected chi connectivity index (χ4v) is 4.15. The van der Waals surface area contributed by atoms with E-state index < -0.39 is 0 Å². The van der Waals surface area contributed by atoms with Crippen LogP contribution in [0.4, 0.5) is 10.1 Å². The van der Waals surface area contributed by atoms with Gasteiger partial charge in [0, 0.05) is 17.8 Å². The molecule has 0 aliphatic heterocycles. The van der Waals surface area contributed by atoms with Crippen molar-refractivity contribution >= 4 is 33.9 Å². The number of nitrogens with one attached hydrogen (secondary N) is 2. The van der Waals surface area contributed by atoms with E-state index in [-0.39, 0.29) is 11.4 Å². The van der Waals surface area contributed by atoms with Gasteiger partial charge in [-0.1, -0.05) is 55.5 Å². The number of thiocarbonyl (C=S) groups is 1. The van der Waals surface area contributed by atoms with Crippen molar-refractivity contribution in [2.75, 3.05) is 5.32 Å². The van der Waals surface area contributed by atoms with E-state index in [1.807, 2.05) is 54.3 Å². The van der Waals surface area contributed by atoms with Crippen LogP contribution in [0, 0.1) is 12.7 Å². The number of rotatable bonds is 6. The number of hydrogen-bond acceptors (Lipinski definition) is 2. The predicted octanol–water partition coefficient (Wildman–Crippen LogP) is 5.94. The summed E-state index contributed by atoms with van der Waals surface area (Å²) in [5, 5.41) is 4.83. The highest BCUT2D eigenvalue weighted by Gasteiger charge is 2.16. The Morgan fingerprint density at radius 2 is 1.76 bits per heavy atom. The highest BCUT2D eigenvalue weighted by Crippen LogP contribution is 2.20. The summed E-state index contributed by atoms with van der Waals surface area (Å²) in [5.41, 5.74) is 5.33. The third-order valence-corrected chi connectivity index (χ3v) is 6.10. The minimum absolute atomic E-state index is 0.141. The summed E-state index contributed by atoms with van der Waals surface area (Å²) in [7, 11) is 0. The van der Waals surface area contributed by atoms with Crippen molar-refractivity contribution in [3.8, 4) is 0 Å². The van der Waals surface area contributed by atoms with Crippen LogP contribution in [0.25, 0.3) is 10.9 Å². The number of aromatic amines is 1. The van der Waals surface area contributed by atoms with Crippen LogP contribution in [0.5, 0.6) is 0 Å². The summed E-state index contributed by atoms with van der Waals surface area (Å²) >= 11 is 5.78. The Balaban J connectivity index is 1.67. The van der Waals surface area contributed by atoms with Crippen molar-refractivity contribution in [1.29, 1.82) is 0 Å². The summed E-state index contributed by atoms with van der Waals surface area (Å²) in [6.45, 7) is 4.82. The lowest BCUT2D eigenvalue weighted by Gasteiger charge is -2.27. The fraction of sp³-hybridized carbons (Fsp3) is 0.185. The molecule has 1 aromatic heterocycles. The third kappa shape index (κ3) is 5.29. The Morgan fingerprint density at radius 3 is 2.52 bits per heavy atom. The first-order valence-corrected chi connectivity index (χ1v) is 11.3. The molecular weight excluding hydrogens is 433 g/mol. The van der Waals surface area contributed by atoms with Crippen LogP contribution >= 0.6 is 12.2 Å². The summed E-state index contributed by atoms with van der Waals surface area (Å²) in [6, 6.07) is 22.2. The average Bonchev–Trinajstić information content (AvgIpc) is 2.81. The average molecular weight is 460 g/mol. The van der Waals surface area contributed by atoms with Crippen LogP contribution in [0.1, 0.15) is 29.2 Å². The lowest BCUT2D eigenvalue weighted by molar-refractivity contribution is 0.411. The third-order valence-electron chi connectivity index (χ3n) is 5.74. The molecule has 6 heteroatoms. The number of hydrogen-bond donors (Lipinski definition) is 2. The van der Waals surface area contributed by atoms with E-state index in [0.717, 1.165) is 39.7 Å². The van der Waals surface area contributed by atoms with Gasteiger partial charge in [-0.05, 0) is 71.9 Å². The summed E-state index contributed by atoms with van der Waals surface area (Å²) in [6.07, 6.45) is 0.868. The van der Waals surface area contributed by atoms with Crippen LogP contribution in [0.2, 0.25) is 0 Å². The van der Waals surface area contributed by atoms with Crippen molar-refractivity contribution in [3.63, 3.8) is 0 Å². The number of halogens is 1. The predicted molar refractivity (Wildman–Crippen MR) is 137 cm³/mol. The van der Waals surface area contributed by atoms with Gasteiger partial charge in [0.1, 0.15) is 5.82 Å². The standard InChI is InChI=1S/C27H26FN3OS/c1-3-20-8-4-5-10-24(20)29-27(33)31(16-19-11-13-23(28)14-12-19)17-22-15-21-9-6-7-18(2)25(21)30-26(22)32/h4-15H,3,16-17H2,1-2H3,(H,29,33)(H,30,32). The topological polar surface area (TPSA) is 48.1 Å². The maximum Gasteiger partial charge on any atom is 0.253 e. The Bertz CT molecular complexity index is 1350. The van der Waals surface area contributed by atoms with Crippen molar-refractivity contribution < 1.29 is 4.39 Å². The van der Waals surface area contributed by atoms with Crippen LogP contribution < -0.4 is 10.9 Å². The van der Waals surface area contributed by atoms with Gasteiger partial charge in [-0.2, -0.15) is 0 Å². The second-order valence-electron chi connectivity index (χ2n) is 8.09. The van der Waals surface area contributed by atoms with Crippen molar-refractivity contribution in [1.82, 2.24) is 9.88 Å². The minimum atomic E-state index is -0.288. The molecule has 3 aromatic carbocycles. The lowest BCUT2D eigenvalue weighted by atomic mass is 10.1. The summed E-state index contributed by atoms with van der Waals surface area (Å²) in [4.78, 5) is 17.9. The van der Waals surface area contributed by atoms with E-state index in [0.29, 0.717) is 23.8 Å². The first-order valence-electron chi connectivity index (χ1n) is 10.9. The molecule has 4 rings (SSSR count). The fourth-order valence-electron chi connectivity index (χ4n) is 3.91. The number of fused-ring (bicyclic) bond motifs is 1. The first-order chi connectivity index (χ1) is 15.9. The molecule has 0 spiro atoms. The van der Waals surface area contributed by atoms with Crippen LogP contribution in [0.3, 0.4) is 0 Å². The molecule has 33 heavy (non-hydrogen) atoms. The summed E-state index contributed by atoms with van der Waals surface area (Å²) in [5.74, 6) is -0.288.